The fourth-order valence-electron chi connectivity index (χ4n) is 1.86. The van der Waals surface area contributed by atoms with Crippen molar-refractivity contribution in [3.8, 4) is 0 Å². The lowest BCUT2D eigenvalue weighted by atomic mass is 10.3. The van der Waals surface area contributed by atoms with Crippen molar-refractivity contribution in [2.45, 2.75) is 33.1 Å². The molecule has 0 atom stereocenters. The maximum Gasteiger partial charge on any atom is 0.158 e. The van der Waals surface area contributed by atoms with E-state index in [1.54, 1.807) is 0 Å². The topological polar surface area (TPSA) is 39.5 Å². The molecule has 0 unspecified atom stereocenters. The molecule has 5 nitrogen and oxygen atoms in total. The summed E-state index contributed by atoms with van der Waals surface area (Å²) in [4.78, 5) is 2.25. The van der Waals surface area contributed by atoms with Crippen LogP contribution in [0.25, 0.3) is 0 Å². The van der Waals surface area contributed by atoms with Gasteiger partial charge in [0.05, 0.1) is 6.20 Å². The third-order valence-corrected chi connectivity index (χ3v) is 2.66. The normalized spacial score (nSPS) is 11.7. The van der Waals surface area contributed by atoms with E-state index in [2.05, 4.69) is 17.0 Å². The first-order valence-corrected chi connectivity index (χ1v) is 6.55. The Morgan fingerprint density at radius 2 is 2.00 bits per heavy atom. The van der Waals surface area contributed by atoms with Gasteiger partial charge in [-0.15, -0.1) is 0 Å². The molecule has 104 valence electrons. The number of hydrogen-bond donors (Lipinski definition) is 0. The zero-order valence-electron chi connectivity index (χ0n) is 11.9. The second-order valence-corrected chi connectivity index (χ2v) is 4.39. The van der Waals surface area contributed by atoms with Gasteiger partial charge in [0, 0.05) is 51.5 Å². The van der Waals surface area contributed by atoms with Gasteiger partial charge < -0.3 is 14.4 Å². The van der Waals surface area contributed by atoms with Crippen LogP contribution in [-0.2, 0) is 23.1 Å². The highest BCUT2D eigenvalue weighted by Gasteiger charge is 2.10. The van der Waals surface area contributed by atoms with Crippen LogP contribution in [0.5, 0.6) is 0 Å². The Bertz CT molecular complexity index is 322. The lowest BCUT2D eigenvalue weighted by Gasteiger charge is -2.21. The predicted octanol–water partition coefficient (Wildman–Crippen LogP) is 1.64. The maximum absolute atomic E-state index is 5.52. The van der Waals surface area contributed by atoms with Crippen LogP contribution in [0.3, 0.4) is 0 Å². The van der Waals surface area contributed by atoms with E-state index < -0.39 is 0 Å². The van der Waals surface area contributed by atoms with Crippen LogP contribution in [0.4, 0.5) is 0 Å². The summed E-state index contributed by atoms with van der Waals surface area (Å²) in [6.07, 6.45) is 4.74. The minimum absolute atomic E-state index is 0.0867. The molecule has 0 N–H and O–H groups in total. The number of hydrogen-bond acceptors (Lipinski definition) is 4. The molecule has 1 aromatic rings. The summed E-state index contributed by atoms with van der Waals surface area (Å²) in [6.45, 7) is 7.21. The van der Waals surface area contributed by atoms with Crippen LogP contribution in [0, 0.1) is 0 Å². The van der Waals surface area contributed by atoms with E-state index in [9.17, 15) is 0 Å². The summed E-state index contributed by atoms with van der Waals surface area (Å²) >= 11 is 0. The smallest absolute Gasteiger partial charge is 0.158 e. The Morgan fingerprint density at radius 1 is 1.33 bits per heavy atom. The largest absolute Gasteiger partial charge is 0.353 e. The summed E-state index contributed by atoms with van der Waals surface area (Å²) in [6, 6.07) is 0. The number of nitrogens with zero attached hydrogens (tertiary/aromatic N) is 3. The van der Waals surface area contributed by atoms with Crippen LogP contribution >= 0.6 is 0 Å². The van der Waals surface area contributed by atoms with Crippen molar-refractivity contribution < 1.29 is 9.47 Å². The summed E-state index contributed by atoms with van der Waals surface area (Å²) < 4.78 is 12.9. The highest BCUT2D eigenvalue weighted by atomic mass is 16.7. The van der Waals surface area contributed by atoms with Crippen molar-refractivity contribution in [3.05, 3.63) is 18.0 Å². The molecule has 1 heterocycles. The van der Waals surface area contributed by atoms with Gasteiger partial charge >= 0.3 is 0 Å². The molecule has 0 bridgehead atoms. The highest BCUT2D eigenvalue weighted by molar-refractivity contribution is 5.02. The van der Waals surface area contributed by atoms with Crippen LogP contribution in [0.2, 0.25) is 0 Å². The average Bonchev–Trinajstić information content (AvgIpc) is 2.72. The Balaban J connectivity index is 2.28. The van der Waals surface area contributed by atoms with Crippen molar-refractivity contribution in [1.29, 1.82) is 0 Å². The number of aryl methyl sites for hydroxylation is 1. The molecule has 0 radical (unpaired) electrons. The third-order valence-electron chi connectivity index (χ3n) is 2.66. The third kappa shape index (κ3) is 5.62. The minimum Gasteiger partial charge on any atom is -0.353 e. The minimum atomic E-state index is -0.0867. The van der Waals surface area contributed by atoms with Crippen molar-refractivity contribution in [1.82, 2.24) is 14.7 Å². The van der Waals surface area contributed by atoms with Crippen molar-refractivity contribution in [3.63, 3.8) is 0 Å². The highest BCUT2D eigenvalue weighted by Crippen LogP contribution is 2.06. The van der Waals surface area contributed by atoms with Crippen molar-refractivity contribution in [2.24, 2.45) is 7.05 Å². The lowest BCUT2D eigenvalue weighted by molar-refractivity contribution is -0.141. The Morgan fingerprint density at radius 3 is 2.50 bits per heavy atom. The fourth-order valence-corrected chi connectivity index (χ4v) is 1.86. The molecule has 1 rings (SSSR count). The van der Waals surface area contributed by atoms with Crippen LogP contribution in [0.1, 0.15) is 25.8 Å². The predicted molar refractivity (Wildman–Crippen MR) is 71.2 cm³/mol. The molecular weight excluding hydrogens is 230 g/mol. The molecule has 0 fully saturated rings. The van der Waals surface area contributed by atoms with E-state index in [4.69, 9.17) is 9.47 Å². The van der Waals surface area contributed by atoms with Gasteiger partial charge in [0.1, 0.15) is 0 Å². The molecule has 18 heavy (non-hydrogen) atoms. The quantitative estimate of drug-likeness (QED) is 0.629. The summed E-state index contributed by atoms with van der Waals surface area (Å²) in [7, 11) is 4.03. The van der Waals surface area contributed by atoms with Crippen molar-refractivity contribution in [2.75, 3.05) is 26.8 Å². The molecule has 0 aliphatic carbocycles. The monoisotopic (exact) mass is 255 g/mol. The molecule has 5 heteroatoms. The first-order chi connectivity index (χ1) is 8.65. The van der Waals surface area contributed by atoms with Crippen LogP contribution in [-0.4, -0.2) is 47.8 Å². The van der Waals surface area contributed by atoms with Crippen LogP contribution in [0.15, 0.2) is 12.4 Å². The molecule has 0 saturated carbocycles. The zero-order chi connectivity index (χ0) is 13.4. The molecule has 0 saturated heterocycles. The molecule has 0 spiro atoms. The van der Waals surface area contributed by atoms with E-state index in [0.29, 0.717) is 13.2 Å². The lowest BCUT2D eigenvalue weighted by Crippen LogP contribution is -2.26. The Hall–Kier alpha value is -0.910. The van der Waals surface area contributed by atoms with E-state index >= 15 is 0 Å². The maximum atomic E-state index is 5.52. The number of rotatable bonds is 9. The van der Waals surface area contributed by atoms with E-state index in [1.165, 1.54) is 5.56 Å². The first-order valence-electron chi connectivity index (χ1n) is 6.55. The SMILES string of the molecule is CCOC(CCN(C)Cc1cnn(C)c1)OCC. The van der Waals surface area contributed by atoms with Gasteiger partial charge in [-0.3, -0.25) is 4.68 Å². The summed E-state index contributed by atoms with van der Waals surface area (Å²) in [5, 5.41) is 4.16. The molecule has 0 aliphatic heterocycles. The zero-order valence-corrected chi connectivity index (χ0v) is 11.9. The fraction of sp³-hybridized carbons (Fsp3) is 0.769. The Labute approximate surface area is 110 Å². The average molecular weight is 255 g/mol. The van der Waals surface area contributed by atoms with Gasteiger partial charge in [-0.05, 0) is 20.9 Å². The molecule has 0 aromatic carbocycles. The van der Waals surface area contributed by atoms with Gasteiger partial charge in [-0.25, -0.2) is 0 Å². The Kier molecular flexibility index (Phi) is 6.93. The van der Waals surface area contributed by atoms with Gasteiger partial charge in [-0.1, -0.05) is 0 Å². The second kappa shape index (κ2) is 8.24. The molecule has 0 amide bonds. The van der Waals surface area contributed by atoms with Gasteiger partial charge in [0.25, 0.3) is 0 Å². The van der Waals surface area contributed by atoms with E-state index in [0.717, 1.165) is 19.5 Å². The standard InChI is InChI=1S/C13H25N3O2/c1-5-17-13(18-6-2)7-8-15(3)10-12-9-14-16(4)11-12/h9,11,13H,5-8,10H2,1-4H3. The van der Waals surface area contributed by atoms with Crippen molar-refractivity contribution >= 4 is 0 Å². The summed E-state index contributed by atoms with van der Waals surface area (Å²) in [5.74, 6) is 0. The number of ether oxygens (including phenoxy) is 2. The number of aromatic nitrogens is 2. The van der Waals surface area contributed by atoms with E-state index in [1.807, 2.05) is 38.0 Å². The first kappa shape index (κ1) is 15.1. The van der Waals surface area contributed by atoms with E-state index in [-0.39, 0.29) is 6.29 Å². The molecule has 0 aliphatic rings. The van der Waals surface area contributed by atoms with Gasteiger partial charge in [0.15, 0.2) is 6.29 Å². The molecular formula is C13H25N3O2. The summed E-state index contributed by atoms with van der Waals surface area (Å²) in [5.41, 5.74) is 1.23. The molecule has 1 aromatic heterocycles. The van der Waals surface area contributed by atoms with Gasteiger partial charge in [0.2, 0.25) is 0 Å². The second-order valence-electron chi connectivity index (χ2n) is 4.39. The van der Waals surface area contributed by atoms with Gasteiger partial charge in [-0.2, -0.15) is 5.10 Å². The van der Waals surface area contributed by atoms with Crippen LogP contribution < -0.4 is 0 Å².